The third kappa shape index (κ3) is 5.25. The summed E-state index contributed by atoms with van der Waals surface area (Å²) >= 11 is 1.44. The lowest BCUT2D eigenvalue weighted by Gasteiger charge is -2.31. The van der Waals surface area contributed by atoms with E-state index in [2.05, 4.69) is 31.6 Å². The lowest BCUT2D eigenvalue weighted by atomic mass is 9.97. The van der Waals surface area contributed by atoms with Crippen molar-refractivity contribution in [3.05, 3.63) is 41.7 Å². The summed E-state index contributed by atoms with van der Waals surface area (Å²) in [5.74, 6) is 1.05. The van der Waals surface area contributed by atoms with Crippen LogP contribution in [0.4, 0.5) is 5.13 Å². The number of hydrogen-bond acceptors (Lipinski definition) is 6. The molecule has 1 fully saturated rings. The van der Waals surface area contributed by atoms with Crippen LogP contribution in [0.15, 0.2) is 30.3 Å². The van der Waals surface area contributed by atoms with Crippen molar-refractivity contribution in [2.75, 3.05) is 45.2 Å². The van der Waals surface area contributed by atoms with Crippen molar-refractivity contribution < 1.29 is 4.79 Å². The van der Waals surface area contributed by atoms with Crippen LogP contribution in [0.1, 0.15) is 24.2 Å². The van der Waals surface area contributed by atoms with Crippen LogP contribution in [-0.4, -0.2) is 60.4 Å². The van der Waals surface area contributed by atoms with Gasteiger partial charge in [-0.1, -0.05) is 30.3 Å². The van der Waals surface area contributed by atoms with Crippen LogP contribution in [0.5, 0.6) is 0 Å². The molecule has 1 amide bonds. The molecular formula is C19H27N5OS. The van der Waals surface area contributed by atoms with E-state index in [1.807, 2.05) is 32.3 Å². The minimum Gasteiger partial charge on any atom is -0.355 e. The van der Waals surface area contributed by atoms with Gasteiger partial charge < -0.3 is 15.1 Å². The van der Waals surface area contributed by atoms with Crippen molar-refractivity contribution in [1.82, 2.24) is 19.6 Å². The molecule has 0 bridgehead atoms. The molecule has 0 saturated carbocycles. The van der Waals surface area contributed by atoms with Gasteiger partial charge in [0.2, 0.25) is 11.0 Å². The highest BCUT2D eigenvalue weighted by atomic mass is 32.1. The Morgan fingerprint density at radius 2 is 2.15 bits per heavy atom. The first kappa shape index (κ1) is 18.8. The van der Waals surface area contributed by atoms with Crippen LogP contribution in [0.25, 0.3) is 0 Å². The summed E-state index contributed by atoms with van der Waals surface area (Å²) in [5, 5.41) is 3.99. The fourth-order valence-corrected chi connectivity index (χ4v) is 3.86. The van der Waals surface area contributed by atoms with Crippen molar-refractivity contribution in [2.24, 2.45) is 5.92 Å². The fraction of sp³-hybridized carbons (Fsp3) is 0.526. The molecule has 1 unspecified atom stereocenters. The molecule has 0 aliphatic carbocycles. The minimum atomic E-state index is 0.0346. The van der Waals surface area contributed by atoms with Crippen LogP contribution in [0.2, 0.25) is 0 Å². The van der Waals surface area contributed by atoms with Gasteiger partial charge in [0, 0.05) is 44.1 Å². The van der Waals surface area contributed by atoms with E-state index in [0.717, 1.165) is 49.9 Å². The second kappa shape index (κ2) is 9.09. The molecule has 7 heteroatoms. The average molecular weight is 374 g/mol. The number of anilines is 1. The maximum absolute atomic E-state index is 12.4. The Morgan fingerprint density at radius 3 is 2.92 bits per heavy atom. The van der Waals surface area contributed by atoms with Crippen LogP contribution in [0.3, 0.4) is 0 Å². The number of amides is 1. The topological polar surface area (TPSA) is 61.4 Å². The van der Waals surface area contributed by atoms with Crippen molar-refractivity contribution in [3.8, 4) is 0 Å². The smallest absolute Gasteiger partial charge is 0.224 e. The van der Waals surface area contributed by atoms with Gasteiger partial charge in [0.05, 0.1) is 5.92 Å². The van der Waals surface area contributed by atoms with Gasteiger partial charge in [-0.15, -0.1) is 0 Å². The fourth-order valence-electron chi connectivity index (χ4n) is 3.14. The molecule has 2 aromatic rings. The number of carbonyl (C=O) groups is 1. The predicted octanol–water partition coefficient (Wildman–Crippen LogP) is 2.02. The first-order chi connectivity index (χ1) is 12.6. The Morgan fingerprint density at radius 1 is 1.35 bits per heavy atom. The Labute approximate surface area is 159 Å². The molecule has 1 aliphatic rings. The summed E-state index contributed by atoms with van der Waals surface area (Å²) in [4.78, 5) is 21.4. The molecule has 1 atom stereocenters. The normalized spacial score (nSPS) is 17.5. The zero-order chi connectivity index (χ0) is 18.4. The number of piperidine rings is 1. The molecule has 2 heterocycles. The second-order valence-electron chi connectivity index (χ2n) is 7.04. The van der Waals surface area contributed by atoms with Crippen molar-refractivity contribution in [3.63, 3.8) is 0 Å². The number of rotatable bonds is 7. The molecule has 1 aliphatic heterocycles. The summed E-state index contributed by atoms with van der Waals surface area (Å²) in [5.41, 5.74) is 1.22. The van der Waals surface area contributed by atoms with Gasteiger partial charge in [0.15, 0.2) is 0 Å². The quantitative estimate of drug-likeness (QED) is 0.805. The highest BCUT2D eigenvalue weighted by Crippen LogP contribution is 2.25. The number of benzene rings is 1. The van der Waals surface area contributed by atoms with E-state index in [0.29, 0.717) is 6.54 Å². The van der Waals surface area contributed by atoms with Crippen LogP contribution in [-0.2, 0) is 11.2 Å². The summed E-state index contributed by atoms with van der Waals surface area (Å²) in [6.45, 7) is 3.24. The monoisotopic (exact) mass is 373 g/mol. The second-order valence-corrected chi connectivity index (χ2v) is 7.77. The summed E-state index contributed by atoms with van der Waals surface area (Å²) in [7, 11) is 4.02. The zero-order valence-corrected chi connectivity index (χ0v) is 16.3. The van der Waals surface area contributed by atoms with Gasteiger partial charge in [-0.3, -0.25) is 4.79 Å². The Balaban J connectivity index is 1.55. The molecule has 1 aromatic heterocycles. The number of nitrogens with one attached hydrogen (secondary N) is 1. The van der Waals surface area contributed by atoms with E-state index in [9.17, 15) is 4.79 Å². The lowest BCUT2D eigenvalue weighted by Crippen LogP contribution is -2.44. The van der Waals surface area contributed by atoms with Crippen molar-refractivity contribution in [2.45, 2.75) is 19.3 Å². The van der Waals surface area contributed by atoms with Gasteiger partial charge >= 0.3 is 0 Å². The standard InChI is InChI=1S/C19H27N5OS/c1-23(2)12-10-20-18(25)16-9-6-11-24(14-16)19-21-17(22-26-19)13-15-7-4-3-5-8-15/h3-5,7-8,16H,6,9-14H2,1-2H3,(H,20,25). The van der Waals surface area contributed by atoms with Gasteiger partial charge in [0.1, 0.15) is 5.82 Å². The number of carbonyl (C=O) groups excluding carboxylic acids is 1. The molecule has 1 N–H and O–H groups in total. The van der Waals surface area contributed by atoms with E-state index < -0.39 is 0 Å². The Bertz CT molecular complexity index is 703. The minimum absolute atomic E-state index is 0.0346. The van der Waals surface area contributed by atoms with Gasteiger partial charge in [-0.25, -0.2) is 4.98 Å². The molecule has 26 heavy (non-hydrogen) atoms. The first-order valence-corrected chi connectivity index (χ1v) is 9.93. The van der Waals surface area contributed by atoms with E-state index in [-0.39, 0.29) is 11.8 Å². The van der Waals surface area contributed by atoms with Gasteiger partial charge in [0.25, 0.3) is 0 Å². The summed E-state index contributed by atoms with van der Waals surface area (Å²) in [6, 6.07) is 10.3. The molecule has 140 valence electrons. The van der Waals surface area contributed by atoms with E-state index in [1.54, 1.807) is 0 Å². The maximum Gasteiger partial charge on any atom is 0.224 e. The average Bonchev–Trinajstić information content (AvgIpc) is 3.11. The highest BCUT2D eigenvalue weighted by Gasteiger charge is 2.27. The first-order valence-electron chi connectivity index (χ1n) is 9.15. The highest BCUT2D eigenvalue weighted by molar-refractivity contribution is 7.09. The Kier molecular flexibility index (Phi) is 6.57. The van der Waals surface area contributed by atoms with Crippen molar-refractivity contribution >= 4 is 22.6 Å². The molecule has 1 saturated heterocycles. The van der Waals surface area contributed by atoms with Crippen LogP contribution >= 0.6 is 11.5 Å². The zero-order valence-electron chi connectivity index (χ0n) is 15.5. The molecule has 3 rings (SSSR count). The SMILES string of the molecule is CN(C)CCNC(=O)C1CCCN(c2nc(Cc3ccccc3)ns2)C1. The van der Waals surface area contributed by atoms with E-state index >= 15 is 0 Å². The maximum atomic E-state index is 12.4. The third-order valence-electron chi connectivity index (χ3n) is 4.58. The number of likely N-dealkylation sites (N-methyl/N-ethyl adjacent to an activating group) is 1. The summed E-state index contributed by atoms with van der Waals surface area (Å²) < 4.78 is 4.51. The predicted molar refractivity (Wildman–Crippen MR) is 106 cm³/mol. The van der Waals surface area contributed by atoms with E-state index in [1.165, 1.54) is 17.1 Å². The van der Waals surface area contributed by atoms with Crippen LogP contribution < -0.4 is 10.2 Å². The third-order valence-corrected chi connectivity index (χ3v) is 5.40. The number of nitrogens with zero attached hydrogens (tertiary/aromatic N) is 4. The molecular weight excluding hydrogens is 346 g/mol. The summed E-state index contributed by atoms with van der Waals surface area (Å²) in [6.07, 6.45) is 2.71. The number of aromatic nitrogens is 2. The van der Waals surface area contributed by atoms with Gasteiger partial charge in [-0.05, 0) is 32.5 Å². The molecule has 0 spiro atoms. The Hall–Kier alpha value is -1.99. The lowest BCUT2D eigenvalue weighted by molar-refractivity contribution is -0.125. The largest absolute Gasteiger partial charge is 0.355 e. The van der Waals surface area contributed by atoms with Gasteiger partial charge in [-0.2, -0.15) is 4.37 Å². The molecule has 6 nitrogen and oxygen atoms in total. The van der Waals surface area contributed by atoms with Crippen molar-refractivity contribution in [1.29, 1.82) is 0 Å². The van der Waals surface area contributed by atoms with E-state index in [4.69, 9.17) is 4.98 Å². The number of hydrogen-bond donors (Lipinski definition) is 1. The van der Waals surface area contributed by atoms with Crippen LogP contribution in [0, 0.1) is 5.92 Å². The molecule has 1 aromatic carbocycles. The molecule has 0 radical (unpaired) electrons.